The number of oxazole rings is 1. The molecular weight excluding hydrogens is 376 g/mol. The molecule has 0 unspecified atom stereocenters. The van der Waals surface area contributed by atoms with E-state index in [-0.39, 0.29) is 0 Å². The summed E-state index contributed by atoms with van der Waals surface area (Å²) < 4.78 is 12.5. The summed E-state index contributed by atoms with van der Waals surface area (Å²) in [4.78, 5) is 4.30. The van der Waals surface area contributed by atoms with E-state index in [1.54, 1.807) is 0 Å². The molecule has 0 atom stereocenters. The van der Waals surface area contributed by atoms with E-state index in [9.17, 15) is 0 Å². The Labute approximate surface area is 126 Å². The van der Waals surface area contributed by atoms with E-state index in [1.165, 1.54) is 0 Å². The number of hydrogen-bond acceptors (Lipinski definition) is 4. The molecule has 0 amide bonds. The van der Waals surface area contributed by atoms with Gasteiger partial charge in [0.2, 0.25) is 0 Å². The highest BCUT2D eigenvalue weighted by molar-refractivity contribution is 9.13. The van der Waals surface area contributed by atoms with E-state index in [4.69, 9.17) is 8.83 Å². The van der Waals surface area contributed by atoms with Gasteiger partial charge < -0.3 is 14.2 Å². The smallest absolute Gasteiger partial charge is 0.192 e. The highest BCUT2D eigenvalue weighted by atomic mass is 79.9. The van der Waals surface area contributed by atoms with Gasteiger partial charge in [-0.2, -0.15) is 0 Å². The lowest BCUT2D eigenvalue weighted by Crippen LogP contribution is -1.97. The second-order valence-corrected chi connectivity index (χ2v) is 5.68. The molecule has 1 N–H and O–H groups in total. The van der Waals surface area contributed by atoms with Crippen LogP contribution in [0.25, 0.3) is 11.1 Å². The number of furan rings is 1. The Morgan fingerprint density at radius 1 is 1.21 bits per heavy atom. The summed E-state index contributed by atoms with van der Waals surface area (Å²) in [6.07, 6.45) is 0. The average molecular weight is 386 g/mol. The Bertz CT molecular complexity index is 714. The zero-order valence-corrected chi connectivity index (χ0v) is 13.2. The van der Waals surface area contributed by atoms with Crippen molar-refractivity contribution in [3.05, 3.63) is 45.1 Å². The van der Waals surface area contributed by atoms with Crippen LogP contribution < -0.4 is 5.32 Å². The molecule has 1 aromatic carbocycles. The molecule has 0 aliphatic carbocycles. The van der Waals surface area contributed by atoms with Gasteiger partial charge in [-0.1, -0.05) is 0 Å². The minimum atomic E-state index is 0.604. The minimum absolute atomic E-state index is 0.604. The number of rotatable bonds is 3. The Kier molecular flexibility index (Phi) is 3.36. The zero-order valence-electron chi connectivity index (χ0n) is 10.0. The molecule has 4 nitrogen and oxygen atoms in total. The van der Waals surface area contributed by atoms with Crippen LogP contribution in [0.1, 0.15) is 11.7 Å². The first-order valence-electron chi connectivity index (χ1n) is 5.66. The van der Waals surface area contributed by atoms with Crippen molar-refractivity contribution in [3.63, 3.8) is 0 Å². The number of aromatic nitrogens is 1. The molecule has 0 aliphatic heterocycles. The highest BCUT2D eigenvalue weighted by Gasteiger charge is 2.07. The predicted octanol–water partition coefficient (Wildman–Crippen LogP) is 4.87. The van der Waals surface area contributed by atoms with Gasteiger partial charge in [-0.15, -0.1) is 0 Å². The number of fused-ring (bicyclic) bond motifs is 1. The summed E-state index contributed by atoms with van der Waals surface area (Å²) in [5.74, 6) is 1.52. The van der Waals surface area contributed by atoms with E-state index >= 15 is 0 Å². The van der Waals surface area contributed by atoms with Gasteiger partial charge in [0, 0.05) is 12.6 Å². The number of nitrogens with zero attached hydrogens (tertiary/aromatic N) is 1. The van der Waals surface area contributed by atoms with Crippen molar-refractivity contribution < 1.29 is 8.83 Å². The number of hydrogen-bond donors (Lipinski definition) is 1. The first-order valence-corrected chi connectivity index (χ1v) is 7.25. The van der Waals surface area contributed by atoms with Crippen molar-refractivity contribution >= 4 is 48.6 Å². The van der Waals surface area contributed by atoms with E-state index < -0.39 is 0 Å². The third-order valence-corrected chi connectivity index (χ3v) is 4.37. The fraction of sp³-hybridized carbons (Fsp3) is 0.154. The number of anilines is 1. The molecule has 3 rings (SSSR count). The molecule has 0 saturated heterocycles. The summed E-state index contributed by atoms with van der Waals surface area (Å²) in [6.45, 7) is 2.44. The van der Waals surface area contributed by atoms with Crippen molar-refractivity contribution in [2.45, 2.75) is 13.5 Å². The van der Waals surface area contributed by atoms with Gasteiger partial charge in [0.05, 0.1) is 11.0 Å². The number of aryl methyl sites for hydroxylation is 1. The molecule has 0 bridgehead atoms. The van der Waals surface area contributed by atoms with Crippen LogP contribution in [0.5, 0.6) is 0 Å². The molecule has 0 aliphatic rings. The Morgan fingerprint density at radius 3 is 2.79 bits per heavy atom. The van der Waals surface area contributed by atoms with E-state index in [2.05, 4.69) is 42.2 Å². The molecule has 0 saturated carbocycles. The molecule has 0 spiro atoms. The van der Waals surface area contributed by atoms with Crippen LogP contribution in [-0.2, 0) is 6.54 Å². The zero-order chi connectivity index (χ0) is 13.4. The van der Waals surface area contributed by atoms with Gasteiger partial charge in [0.15, 0.2) is 16.1 Å². The predicted molar refractivity (Wildman–Crippen MR) is 80.2 cm³/mol. The van der Waals surface area contributed by atoms with Gasteiger partial charge in [-0.05, 0) is 56.1 Å². The summed E-state index contributed by atoms with van der Waals surface area (Å²) in [5.41, 5.74) is 2.63. The molecule has 3 aromatic rings. The second kappa shape index (κ2) is 5.02. The first kappa shape index (κ1) is 12.7. The van der Waals surface area contributed by atoms with Gasteiger partial charge in [0.25, 0.3) is 0 Å². The monoisotopic (exact) mass is 384 g/mol. The average Bonchev–Trinajstić information content (AvgIpc) is 2.88. The van der Waals surface area contributed by atoms with Gasteiger partial charge in [0.1, 0.15) is 11.3 Å². The molecule has 0 radical (unpaired) electrons. The Hall–Kier alpha value is -1.27. The minimum Gasteiger partial charge on any atom is -0.451 e. The second-order valence-electron chi connectivity index (χ2n) is 4.10. The fourth-order valence-corrected chi connectivity index (χ4v) is 2.48. The number of nitrogens with one attached hydrogen (secondary N) is 1. The normalized spacial score (nSPS) is 11.1. The largest absolute Gasteiger partial charge is 0.451 e. The summed E-state index contributed by atoms with van der Waals surface area (Å²) in [7, 11) is 0. The molecule has 2 heterocycles. The van der Waals surface area contributed by atoms with Gasteiger partial charge >= 0.3 is 0 Å². The summed E-state index contributed by atoms with van der Waals surface area (Å²) >= 11 is 6.70. The Morgan fingerprint density at radius 2 is 2.05 bits per heavy atom. The molecular formula is C13H10Br2N2O2. The quantitative estimate of drug-likeness (QED) is 0.698. The summed E-state index contributed by atoms with van der Waals surface area (Å²) in [6, 6.07) is 7.75. The molecule has 98 valence electrons. The van der Waals surface area contributed by atoms with Crippen molar-refractivity contribution in [2.75, 3.05) is 5.32 Å². The molecule has 19 heavy (non-hydrogen) atoms. The van der Waals surface area contributed by atoms with Gasteiger partial charge in [-0.3, -0.25) is 0 Å². The van der Waals surface area contributed by atoms with Crippen molar-refractivity contribution in [2.24, 2.45) is 0 Å². The summed E-state index contributed by atoms with van der Waals surface area (Å²) in [5, 5.41) is 3.29. The first-order chi connectivity index (χ1) is 9.11. The maximum Gasteiger partial charge on any atom is 0.192 e. The Balaban J connectivity index is 1.77. The van der Waals surface area contributed by atoms with Crippen LogP contribution in [0.3, 0.4) is 0 Å². The molecule has 6 heteroatoms. The fourth-order valence-electron chi connectivity index (χ4n) is 1.82. The maximum absolute atomic E-state index is 5.50. The van der Waals surface area contributed by atoms with Crippen molar-refractivity contribution in [3.8, 4) is 0 Å². The maximum atomic E-state index is 5.50. The van der Waals surface area contributed by atoms with Crippen LogP contribution in [0.15, 0.2) is 42.2 Å². The number of halogens is 2. The lowest BCUT2D eigenvalue weighted by Gasteiger charge is -2.03. The van der Waals surface area contributed by atoms with Crippen LogP contribution in [0.4, 0.5) is 5.69 Å². The molecule has 0 fully saturated rings. The number of benzene rings is 1. The highest BCUT2D eigenvalue weighted by Crippen LogP contribution is 2.27. The van der Waals surface area contributed by atoms with Gasteiger partial charge in [-0.25, -0.2) is 4.98 Å². The van der Waals surface area contributed by atoms with Crippen LogP contribution >= 0.6 is 31.9 Å². The van der Waals surface area contributed by atoms with E-state index in [0.29, 0.717) is 17.1 Å². The van der Waals surface area contributed by atoms with Crippen LogP contribution in [0.2, 0.25) is 0 Å². The lowest BCUT2D eigenvalue weighted by atomic mass is 10.3. The van der Waals surface area contributed by atoms with E-state index in [0.717, 1.165) is 27.0 Å². The van der Waals surface area contributed by atoms with Crippen LogP contribution in [-0.4, -0.2) is 4.98 Å². The topological polar surface area (TPSA) is 51.2 Å². The SMILES string of the molecule is Cc1nc2cc(NCc3cc(Br)c(Br)o3)ccc2o1. The van der Waals surface area contributed by atoms with E-state index in [1.807, 2.05) is 31.2 Å². The third-order valence-electron chi connectivity index (χ3n) is 2.66. The lowest BCUT2D eigenvalue weighted by molar-refractivity contribution is 0.494. The van der Waals surface area contributed by atoms with Crippen molar-refractivity contribution in [1.29, 1.82) is 0 Å². The van der Waals surface area contributed by atoms with Crippen LogP contribution in [0, 0.1) is 6.92 Å². The molecule has 2 aromatic heterocycles. The standard InChI is InChI=1S/C13H10Br2N2O2/c1-7-17-11-4-8(2-3-12(11)18-7)16-6-9-5-10(14)13(15)19-9/h2-5,16H,6H2,1H3. The van der Waals surface area contributed by atoms with Crippen molar-refractivity contribution in [1.82, 2.24) is 4.98 Å². The third kappa shape index (κ3) is 2.69.